The molecule has 6 nitrogen and oxygen atoms in total. The molecule has 2 atom stereocenters. The molecule has 0 aliphatic carbocycles. The number of hydrogen-bond acceptors (Lipinski definition) is 3. The van der Waals surface area contributed by atoms with Crippen LogP contribution in [0.4, 0.5) is 0 Å². The van der Waals surface area contributed by atoms with Crippen LogP contribution < -0.4 is 52.6 Å². The maximum atomic E-state index is 11.9. The van der Waals surface area contributed by atoms with E-state index < -0.39 is 0 Å². The van der Waals surface area contributed by atoms with Crippen LogP contribution in [0.3, 0.4) is 0 Å². The standard InChI is InChI=1S/C20H45N5O.2ClH/c1-2-3-4-5-6-7-8-9-10-11-12-13-16-24-19(26)18(21)15-14-17-25-20(22)23;;/h18,20,25H,2-17,21-23H2,1H3,(H,24,26);2*1H. The lowest BCUT2D eigenvalue weighted by Gasteiger charge is -2.10. The van der Waals surface area contributed by atoms with Crippen LogP contribution in [0.1, 0.15) is 96.8 Å². The Balaban J connectivity index is -0.00000312. The molecule has 0 radical (unpaired) electrons. The first kappa shape index (κ1) is 32.6. The van der Waals surface area contributed by atoms with Crippen molar-refractivity contribution in [1.29, 1.82) is 0 Å². The number of amides is 1. The first-order valence-corrected chi connectivity index (χ1v) is 11.0. The number of nitrogens with one attached hydrogen (secondary N) is 2. The highest BCUT2D eigenvalue weighted by Crippen LogP contribution is 2.11. The summed E-state index contributed by atoms with van der Waals surface area (Å²) in [6, 6.07) is -0.171. The molecule has 0 aromatic heterocycles. The lowest BCUT2D eigenvalue weighted by atomic mass is 10.1. The van der Waals surface area contributed by atoms with Crippen LogP contribution in [0.2, 0.25) is 0 Å². The molecule has 0 saturated carbocycles. The number of carbonyl (C=O) groups excluding carboxylic acids is 1. The molecule has 28 heavy (non-hydrogen) atoms. The topological polar surface area (TPSA) is 122 Å². The SMILES string of the molecule is CCCCCCCCCCCCCCNC(=O)C([NH3+])CCCNC(N)[NH3+].[Cl-].[Cl-]. The molecule has 8 heteroatoms. The summed E-state index contributed by atoms with van der Waals surface area (Å²) in [5.41, 5.74) is 13.1. The minimum atomic E-state index is -0.238. The molecule has 2 unspecified atom stereocenters. The van der Waals surface area contributed by atoms with Crippen molar-refractivity contribution in [1.82, 2.24) is 10.6 Å². The van der Waals surface area contributed by atoms with Crippen molar-refractivity contribution < 1.29 is 41.1 Å². The molecule has 172 valence electrons. The van der Waals surface area contributed by atoms with Gasteiger partial charge in [0.2, 0.25) is 0 Å². The predicted octanol–water partition coefficient (Wildman–Crippen LogP) is -4.72. The third kappa shape index (κ3) is 23.9. The van der Waals surface area contributed by atoms with E-state index in [9.17, 15) is 4.79 Å². The number of carbonyl (C=O) groups is 1. The largest absolute Gasteiger partial charge is 1.00 e. The molecule has 0 rings (SSSR count). The zero-order valence-electron chi connectivity index (χ0n) is 18.1. The van der Waals surface area contributed by atoms with Gasteiger partial charge in [-0.2, -0.15) is 0 Å². The first-order chi connectivity index (χ1) is 12.6. The van der Waals surface area contributed by atoms with Gasteiger partial charge in [0.05, 0.1) is 0 Å². The van der Waals surface area contributed by atoms with Crippen LogP contribution >= 0.6 is 0 Å². The minimum Gasteiger partial charge on any atom is -1.00 e. The average molecular weight is 445 g/mol. The molecule has 0 aliphatic heterocycles. The van der Waals surface area contributed by atoms with E-state index in [1.807, 2.05) is 0 Å². The van der Waals surface area contributed by atoms with Crippen molar-refractivity contribution in [2.24, 2.45) is 5.73 Å². The normalized spacial score (nSPS) is 12.6. The zero-order valence-corrected chi connectivity index (χ0v) is 19.6. The van der Waals surface area contributed by atoms with Crippen molar-refractivity contribution in [3.05, 3.63) is 0 Å². The van der Waals surface area contributed by atoms with Gasteiger partial charge in [-0.15, -0.1) is 0 Å². The summed E-state index contributed by atoms with van der Waals surface area (Å²) in [6.07, 6.45) is 17.5. The third-order valence-electron chi connectivity index (χ3n) is 4.84. The highest BCUT2D eigenvalue weighted by Gasteiger charge is 2.15. The van der Waals surface area contributed by atoms with E-state index >= 15 is 0 Å². The molecule has 0 bridgehead atoms. The van der Waals surface area contributed by atoms with E-state index in [4.69, 9.17) is 5.73 Å². The maximum absolute atomic E-state index is 11.9. The van der Waals surface area contributed by atoms with Gasteiger partial charge in [0, 0.05) is 19.5 Å². The number of hydrogen-bond donors (Lipinski definition) is 5. The Labute approximate surface area is 185 Å². The molecular weight excluding hydrogens is 397 g/mol. The molecule has 10 N–H and O–H groups in total. The Morgan fingerprint density at radius 3 is 1.71 bits per heavy atom. The Morgan fingerprint density at radius 2 is 1.25 bits per heavy atom. The van der Waals surface area contributed by atoms with Crippen LogP contribution in [-0.4, -0.2) is 31.3 Å². The van der Waals surface area contributed by atoms with Gasteiger partial charge in [0.25, 0.3) is 5.91 Å². The molecule has 0 spiro atoms. The average Bonchev–Trinajstić information content (AvgIpc) is 2.62. The summed E-state index contributed by atoms with van der Waals surface area (Å²) < 4.78 is 0. The molecule has 1 amide bonds. The number of rotatable bonds is 19. The molecule has 0 fully saturated rings. The van der Waals surface area contributed by atoms with Gasteiger partial charge in [-0.05, 0) is 12.8 Å². The van der Waals surface area contributed by atoms with Crippen molar-refractivity contribution in [2.45, 2.75) is 109 Å². The smallest absolute Gasteiger partial charge is 0.278 e. The number of unbranched alkanes of at least 4 members (excludes halogenated alkanes) is 11. The summed E-state index contributed by atoms with van der Waals surface area (Å²) >= 11 is 0. The zero-order chi connectivity index (χ0) is 19.5. The fourth-order valence-corrected chi connectivity index (χ4v) is 3.09. The Hall–Kier alpha value is -0.110. The van der Waals surface area contributed by atoms with Gasteiger partial charge in [-0.1, -0.05) is 77.6 Å². The minimum absolute atomic E-state index is 0. The quantitative estimate of drug-likeness (QED) is 0.102. The van der Waals surface area contributed by atoms with E-state index in [2.05, 4.69) is 29.0 Å². The molecule has 0 heterocycles. The highest BCUT2D eigenvalue weighted by atomic mass is 35.5. The van der Waals surface area contributed by atoms with Crippen LogP contribution in [0.5, 0.6) is 0 Å². The van der Waals surface area contributed by atoms with Crippen LogP contribution in [0.25, 0.3) is 0 Å². The van der Waals surface area contributed by atoms with E-state index in [0.717, 1.165) is 32.4 Å². The van der Waals surface area contributed by atoms with Crippen LogP contribution in [0, 0.1) is 0 Å². The molecule has 0 saturated heterocycles. The second-order valence-corrected chi connectivity index (χ2v) is 7.58. The van der Waals surface area contributed by atoms with Crippen LogP contribution in [-0.2, 0) is 4.79 Å². The van der Waals surface area contributed by atoms with Crippen molar-refractivity contribution in [2.75, 3.05) is 13.1 Å². The number of quaternary nitrogens is 2. The van der Waals surface area contributed by atoms with E-state index in [0.29, 0.717) is 0 Å². The summed E-state index contributed by atoms with van der Waals surface area (Å²) in [6.45, 7) is 3.83. The summed E-state index contributed by atoms with van der Waals surface area (Å²) in [7, 11) is 0. The van der Waals surface area contributed by atoms with Gasteiger partial charge in [-0.3, -0.25) is 15.8 Å². The highest BCUT2D eigenvalue weighted by molar-refractivity contribution is 5.79. The van der Waals surface area contributed by atoms with E-state index in [-0.39, 0.29) is 43.1 Å². The van der Waals surface area contributed by atoms with Crippen molar-refractivity contribution in [3.8, 4) is 0 Å². The van der Waals surface area contributed by atoms with Crippen molar-refractivity contribution >= 4 is 5.91 Å². The Bertz CT molecular complexity index is 323. The fourth-order valence-electron chi connectivity index (χ4n) is 3.09. The fraction of sp³-hybridized carbons (Fsp3) is 0.950. The molecule has 0 aromatic carbocycles. The predicted molar refractivity (Wildman–Crippen MR) is 109 cm³/mol. The number of halogens is 2. The monoisotopic (exact) mass is 443 g/mol. The van der Waals surface area contributed by atoms with Gasteiger partial charge in [-0.25, -0.2) is 0 Å². The van der Waals surface area contributed by atoms with Crippen LogP contribution in [0.15, 0.2) is 0 Å². The number of nitrogens with two attached hydrogens (primary N) is 1. The molecular formula is C20H47Cl2N5O. The van der Waals surface area contributed by atoms with Crippen molar-refractivity contribution in [3.63, 3.8) is 0 Å². The summed E-state index contributed by atoms with van der Waals surface area (Å²) in [5.74, 6) is 0.0759. The van der Waals surface area contributed by atoms with Gasteiger partial charge in [0.1, 0.15) is 0 Å². The summed E-state index contributed by atoms with van der Waals surface area (Å²) in [4.78, 5) is 11.9. The van der Waals surface area contributed by atoms with Gasteiger partial charge in [0.15, 0.2) is 12.3 Å². The van der Waals surface area contributed by atoms with E-state index in [1.165, 1.54) is 70.6 Å². The second kappa shape index (κ2) is 24.9. The van der Waals surface area contributed by atoms with Gasteiger partial charge < -0.3 is 41.6 Å². The molecule has 0 aromatic rings. The second-order valence-electron chi connectivity index (χ2n) is 7.58. The maximum Gasteiger partial charge on any atom is 0.278 e. The Morgan fingerprint density at radius 1 is 0.786 bits per heavy atom. The first-order valence-electron chi connectivity index (χ1n) is 11.0. The van der Waals surface area contributed by atoms with Gasteiger partial charge >= 0.3 is 0 Å². The lowest BCUT2D eigenvalue weighted by molar-refractivity contribution is -0.427. The lowest BCUT2D eigenvalue weighted by Crippen LogP contribution is -3.00. The molecule has 0 aliphatic rings. The Kier molecular flexibility index (Phi) is 29.0. The third-order valence-corrected chi connectivity index (χ3v) is 4.84. The van der Waals surface area contributed by atoms with E-state index in [1.54, 1.807) is 0 Å². The summed E-state index contributed by atoms with van der Waals surface area (Å²) in [5, 5.41) is 6.05.